The third-order valence-corrected chi connectivity index (χ3v) is 3.68. The fourth-order valence-corrected chi connectivity index (χ4v) is 2.43. The Morgan fingerprint density at radius 1 is 1.26 bits per heavy atom. The highest BCUT2D eigenvalue weighted by atomic mass is 35.5. The number of carbonyl (C=O) groups excluding carboxylic acids is 1. The number of nitrogens with one attached hydrogen (secondary N) is 1. The molecule has 120 valence electrons. The van der Waals surface area contributed by atoms with Crippen molar-refractivity contribution in [2.24, 2.45) is 0 Å². The largest absolute Gasteiger partial charge is 0.484 e. The number of carbonyl (C=O) groups is 1. The Labute approximate surface area is 139 Å². The highest BCUT2D eigenvalue weighted by Crippen LogP contribution is 2.34. The highest BCUT2D eigenvalue weighted by molar-refractivity contribution is 6.30. The number of ether oxygens (including phenoxy) is 3. The van der Waals surface area contributed by atoms with Gasteiger partial charge in [-0.05, 0) is 42.8 Å². The van der Waals surface area contributed by atoms with Gasteiger partial charge in [-0.2, -0.15) is 0 Å². The van der Waals surface area contributed by atoms with Crippen LogP contribution < -0.4 is 19.5 Å². The maximum atomic E-state index is 12.0. The van der Waals surface area contributed by atoms with E-state index in [1.54, 1.807) is 24.3 Å². The zero-order valence-electron chi connectivity index (χ0n) is 12.5. The smallest absolute Gasteiger partial charge is 0.258 e. The van der Waals surface area contributed by atoms with Crippen LogP contribution in [-0.2, 0) is 4.79 Å². The summed E-state index contributed by atoms with van der Waals surface area (Å²) in [7, 11) is 0. The summed E-state index contributed by atoms with van der Waals surface area (Å²) in [5, 5.41) is 3.45. The minimum atomic E-state index is -0.213. The van der Waals surface area contributed by atoms with Crippen LogP contribution >= 0.6 is 11.6 Å². The molecule has 0 saturated carbocycles. The summed E-state index contributed by atoms with van der Waals surface area (Å²) >= 11 is 5.87. The van der Waals surface area contributed by atoms with Gasteiger partial charge in [0.15, 0.2) is 18.1 Å². The fourth-order valence-electron chi connectivity index (χ4n) is 2.25. The van der Waals surface area contributed by atoms with Gasteiger partial charge in [0.25, 0.3) is 5.91 Å². The third-order valence-electron chi connectivity index (χ3n) is 3.44. The molecule has 2 aromatic rings. The van der Waals surface area contributed by atoms with E-state index in [9.17, 15) is 4.79 Å². The zero-order chi connectivity index (χ0) is 16.2. The minimum Gasteiger partial charge on any atom is -0.484 e. The van der Waals surface area contributed by atoms with E-state index >= 15 is 0 Å². The van der Waals surface area contributed by atoms with E-state index in [0.29, 0.717) is 16.5 Å². The predicted octanol–water partition coefficient (Wildman–Crippen LogP) is 3.32. The lowest BCUT2D eigenvalue weighted by atomic mass is 10.1. The normalized spacial score (nSPS) is 13.5. The van der Waals surface area contributed by atoms with Crippen LogP contribution in [0.5, 0.6) is 17.2 Å². The van der Waals surface area contributed by atoms with Crippen molar-refractivity contribution in [2.45, 2.75) is 13.0 Å². The van der Waals surface area contributed by atoms with Gasteiger partial charge < -0.3 is 19.5 Å². The van der Waals surface area contributed by atoms with Crippen LogP contribution in [0.3, 0.4) is 0 Å². The molecule has 0 aromatic heterocycles. The van der Waals surface area contributed by atoms with Gasteiger partial charge in [0.1, 0.15) is 5.75 Å². The standard InChI is InChI=1S/C17H16ClNO4/c1-11(12-5-6-15-16(7-12)23-10-22-15)19-17(20)9-21-14-4-2-3-13(18)8-14/h2-8,11H,9-10H2,1H3,(H,19,20). The lowest BCUT2D eigenvalue weighted by Crippen LogP contribution is -2.31. The molecule has 1 amide bonds. The molecule has 5 nitrogen and oxygen atoms in total. The second-order valence-corrected chi connectivity index (χ2v) is 5.58. The second kappa shape index (κ2) is 6.79. The van der Waals surface area contributed by atoms with Crippen molar-refractivity contribution in [1.29, 1.82) is 0 Å². The number of amides is 1. The highest BCUT2D eigenvalue weighted by Gasteiger charge is 2.17. The van der Waals surface area contributed by atoms with E-state index in [1.165, 1.54) is 0 Å². The molecule has 0 aliphatic carbocycles. The molecule has 0 spiro atoms. The first-order valence-corrected chi connectivity index (χ1v) is 7.57. The van der Waals surface area contributed by atoms with E-state index in [0.717, 1.165) is 11.3 Å². The SMILES string of the molecule is CC(NC(=O)COc1cccc(Cl)c1)c1ccc2c(c1)OCO2. The predicted molar refractivity (Wildman–Crippen MR) is 86.1 cm³/mol. The van der Waals surface area contributed by atoms with E-state index in [1.807, 2.05) is 25.1 Å². The molecule has 1 heterocycles. The molecule has 0 saturated heterocycles. The molecule has 6 heteroatoms. The van der Waals surface area contributed by atoms with E-state index < -0.39 is 0 Å². The van der Waals surface area contributed by atoms with E-state index in [4.69, 9.17) is 25.8 Å². The van der Waals surface area contributed by atoms with Crippen molar-refractivity contribution in [1.82, 2.24) is 5.32 Å². The van der Waals surface area contributed by atoms with Crippen molar-refractivity contribution in [3.8, 4) is 17.2 Å². The second-order valence-electron chi connectivity index (χ2n) is 5.15. The van der Waals surface area contributed by atoms with E-state index in [-0.39, 0.29) is 25.3 Å². The Bertz CT molecular complexity index is 719. The molecule has 1 aliphatic rings. The Hall–Kier alpha value is -2.40. The maximum Gasteiger partial charge on any atom is 0.258 e. The van der Waals surface area contributed by atoms with Crippen LogP contribution in [0, 0.1) is 0 Å². The van der Waals surface area contributed by atoms with Gasteiger partial charge >= 0.3 is 0 Å². The molecule has 1 N–H and O–H groups in total. The van der Waals surface area contributed by atoms with Gasteiger partial charge in [-0.25, -0.2) is 0 Å². The Kier molecular flexibility index (Phi) is 4.57. The van der Waals surface area contributed by atoms with Crippen LogP contribution in [0.15, 0.2) is 42.5 Å². The van der Waals surface area contributed by atoms with Crippen LogP contribution in [0.25, 0.3) is 0 Å². The number of hydrogen-bond acceptors (Lipinski definition) is 4. The lowest BCUT2D eigenvalue weighted by molar-refractivity contribution is -0.123. The van der Waals surface area contributed by atoms with Gasteiger partial charge in [-0.1, -0.05) is 23.7 Å². The summed E-state index contributed by atoms with van der Waals surface area (Å²) in [4.78, 5) is 12.0. The number of benzene rings is 2. The average Bonchev–Trinajstić information content (AvgIpc) is 3.00. The summed E-state index contributed by atoms with van der Waals surface area (Å²) in [6.07, 6.45) is 0. The first kappa shape index (κ1) is 15.5. The molecule has 0 bridgehead atoms. The molecule has 0 radical (unpaired) electrons. The quantitative estimate of drug-likeness (QED) is 0.912. The minimum absolute atomic E-state index is 0.0742. The summed E-state index contributed by atoms with van der Waals surface area (Å²) < 4.78 is 16.0. The Balaban J connectivity index is 1.55. The molecule has 1 unspecified atom stereocenters. The summed E-state index contributed by atoms with van der Waals surface area (Å²) in [6, 6.07) is 12.4. The summed E-state index contributed by atoms with van der Waals surface area (Å²) in [5.74, 6) is 1.76. The van der Waals surface area contributed by atoms with E-state index in [2.05, 4.69) is 5.32 Å². The number of hydrogen-bond donors (Lipinski definition) is 1. The molecule has 1 aliphatic heterocycles. The van der Waals surface area contributed by atoms with Gasteiger partial charge in [0.2, 0.25) is 6.79 Å². The summed E-state index contributed by atoms with van der Waals surface area (Å²) in [5.41, 5.74) is 0.936. The topological polar surface area (TPSA) is 56.8 Å². The maximum absolute atomic E-state index is 12.0. The van der Waals surface area contributed by atoms with Crippen molar-refractivity contribution < 1.29 is 19.0 Å². The third kappa shape index (κ3) is 3.87. The van der Waals surface area contributed by atoms with Crippen molar-refractivity contribution in [3.05, 3.63) is 53.1 Å². The Morgan fingerprint density at radius 3 is 2.91 bits per heavy atom. The van der Waals surface area contributed by atoms with Crippen LogP contribution in [0.2, 0.25) is 5.02 Å². The molecular weight excluding hydrogens is 318 g/mol. The van der Waals surface area contributed by atoms with Gasteiger partial charge in [0, 0.05) is 5.02 Å². The fraction of sp³-hybridized carbons (Fsp3) is 0.235. The first-order chi connectivity index (χ1) is 11.1. The van der Waals surface area contributed by atoms with Crippen molar-refractivity contribution >= 4 is 17.5 Å². The molecular formula is C17H16ClNO4. The average molecular weight is 334 g/mol. The number of halogens is 1. The lowest BCUT2D eigenvalue weighted by Gasteiger charge is -2.15. The van der Waals surface area contributed by atoms with Gasteiger partial charge in [0.05, 0.1) is 6.04 Å². The van der Waals surface area contributed by atoms with Gasteiger partial charge in [-0.3, -0.25) is 4.79 Å². The molecule has 23 heavy (non-hydrogen) atoms. The number of fused-ring (bicyclic) bond motifs is 1. The molecule has 3 rings (SSSR count). The van der Waals surface area contributed by atoms with Crippen LogP contribution in [0.1, 0.15) is 18.5 Å². The van der Waals surface area contributed by atoms with Crippen LogP contribution in [0.4, 0.5) is 0 Å². The Morgan fingerprint density at radius 2 is 2.09 bits per heavy atom. The summed E-state index contributed by atoms with van der Waals surface area (Å²) in [6.45, 7) is 2.05. The van der Waals surface area contributed by atoms with Gasteiger partial charge in [-0.15, -0.1) is 0 Å². The molecule has 2 aromatic carbocycles. The number of rotatable bonds is 5. The monoisotopic (exact) mass is 333 g/mol. The molecule has 1 atom stereocenters. The van der Waals surface area contributed by atoms with Crippen molar-refractivity contribution in [2.75, 3.05) is 13.4 Å². The zero-order valence-corrected chi connectivity index (χ0v) is 13.3. The van der Waals surface area contributed by atoms with Crippen molar-refractivity contribution in [3.63, 3.8) is 0 Å². The van der Waals surface area contributed by atoms with Crippen LogP contribution in [-0.4, -0.2) is 19.3 Å². The molecule has 0 fully saturated rings. The first-order valence-electron chi connectivity index (χ1n) is 7.19.